The smallest absolute Gasteiger partial charge is 0.248 e. The van der Waals surface area contributed by atoms with Crippen molar-refractivity contribution in [3.05, 3.63) is 54.1 Å². The van der Waals surface area contributed by atoms with E-state index in [0.29, 0.717) is 26.1 Å². The molecule has 1 aliphatic rings. The van der Waals surface area contributed by atoms with E-state index < -0.39 is 0 Å². The number of hydrogen-bond donors (Lipinski definition) is 0. The maximum Gasteiger partial charge on any atom is 0.248 e. The summed E-state index contributed by atoms with van der Waals surface area (Å²) in [6, 6.07) is 15.9. The minimum absolute atomic E-state index is 0.0302. The van der Waals surface area contributed by atoms with Crippen molar-refractivity contribution in [3.63, 3.8) is 0 Å². The first kappa shape index (κ1) is 20.9. The van der Waals surface area contributed by atoms with Crippen LogP contribution in [0.3, 0.4) is 0 Å². The Morgan fingerprint density at radius 3 is 2.45 bits per heavy atom. The standard InChI is InChI=1S/C23H28N2O4/c1-24-12-13-25(22(26)16-28-2)15-18(23(24)27)14-17-8-4-5-9-19(17)20-10-6-7-11-21(20)29-3/h4-11,18H,12-16H2,1-3H3. The fraction of sp³-hybridized carbons (Fsp3) is 0.391. The van der Waals surface area contributed by atoms with E-state index in [-0.39, 0.29) is 24.3 Å². The van der Waals surface area contributed by atoms with Gasteiger partial charge in [-0.05, 0) is 23.6 Å². The Labute approximate surface area is 172 Å². The maximum absolute atomic E-state index is 13.0. The second kappa shape index (κ2) is 9.56. The van der Waals surface area contributed by atoms with Crippen molar-refractivity contribution in [1.82, 2.24) is 9.80 Å². The number of likely N-dealkylation sites (N-methyl/N-ethyl adjacent to an activating group) is 1. The van der Waals surface area contributed by atoms with Gasteiger partial charge in [-0.25, -0.2) is 0 Å². The van der Waals surface area contributed by atoms with E-state index in [4.69, 9.17) is 9.47 Å². The van der Waals surface area contributed by atoms with Crippen molar-refractivity contribution in [1.29, 1.82) is 0 Å². The van der Waals surface area contributed by atoms with E-state index in [0.717, 1.165) is 22.4 Å². The Morgan fingerprint density at radius 2 is 1.72 bits per heavy atom. The lowest BCUT2D eigenvalue weighted by molar-refractivity contribution is -0.136. The third-order valence-electron chi connectivity index (χ3n) is 5.37. The first-order valence-electron chi connectivity index (χ1n) is 9.78. The summed E-state index contributed by atoms with van der Waals surface area (Å²) in [5.41, 5.74) is 3.09. The highest BCUT2D eigenvalue weighted by atomic mass is 16.5. The molecule has 2 aromatic carbocycles. The van der Waals surface area contributed by atoms with Crippen molar-refractivity contribution < 1.29 is 19.1 Å². The quantitative estimate of drug-likeness (QED) is 0.753. The van der Waals surface area contributed by atoms with Crippen molar-refractivity contribution in [2.75, 3.05) is 47.5 Å². The molecule has 0 aromatic heterocycles. The third kappa shape index (κ3) is 4.77. The number of nitrogens with zero attached hydrogens (tertiary/aromatic N) is 2. The molecule has 0 aliphatic carbocycles. The number of carbonyl (C=O) groups excluding carboxylic acids is 2. The average molecular weight is 396 g/mol. The van der Waals surface area contributed by atoms with Gasteiger partial charge in [-0.15, -0.1) is 0 Å². The molecule has 2 amide bonds. The number of amides is 2. The van der Waals surface area contributed by atoms with Gasteiger partial charge in [0, 0.05) is 39.4 Å². The number of carbonyl (C=O) groups is 2. The molecule has 1 fully saturated rings. The van der Waals surface area contributed by atoms with E-state index in [2.05, 4.69) is 0 Å². The predicted molar refractivity (Wildman–Crippen MR) is 112 cm³/mol. The fourth-order valence-electron chi connectivity index (χ4n) is 3.81. The van der Waals surface area contributed by atoms with Crippen LogP contribution in [0, 0.1) is 5.92 Å². The van der Waals surface area contributed by atoms with Crippen molar-refractivity contribution in [2.45, 2.75) is 6.42 Å². The molecule has 1 aliphatic heterocycles. The largest absolute Gasteiger partial charge is 0.496 e. The lowest BCUT2D eigenvalue weighted by Crippen LogP contribution is -2.39. The molecule has 1 heterocycles. The van der Waals surface area contributed by atoms with E-state index >= 15 is 0 Å². The van der Waals surface area contributed by atoms with E-state index in [1.807, 2.05) is 48.5 Å². The molecule has 6 heteroatoms. The summed E-state index contributed by atoms with van der Waals surface area (Å²) in [5, 5.41) is 0. The Bertz CT molecular complexity index is 867. The molecule has 154 valence electrons. The molecular weight excluding hydrogens is 368 g/mol. The lowest BCUT2D eigenvalue weighted by Gasteiger charge is -2.24. The van der Waals surface area contributed by atoms with Gasteiger partial charge in [0.25, 0.3) is 0 Å². The summed E-state index contributed by atoms with van der Waals surface area (Å²) >= 11 is 0. The van der Waals surface area contributed by atoms with Crippen LogP contribution in [-0.2, 0) is 20.7 Å². The molecule has 29 heavy (non-hydrogen) atoms. The number of para-hydroxylation sites is 1. The molecule has 6 nitrogen and oxygen atoms in total. The number of ether oxygens (including phenoxy) is 2. The van der Waals surface area contributed by atoms with Crippen LogP contribution in [0.2, 0.25) is 0 Å². The molecule has 1 unspecified atom stereocenters. The van der Waals surface area contributed by atoms with Crippen LogP contribution in [0.4, 0.5) is 0 Å². The summed E-state index contributed by atoms with van der Waals surface area (Å²) in [7, 11) is 4.96. The molecule has 0 spiro atoms. The molecular formula is C23H28N2O4. The van der Waals surface area contributed by atoms with Gasteiger partial charge in [-0.1, -0.05) is 42.5 Å². The normalized spacial score (nSPS) is 17.2. The van der Waals surface area contributed by atoms with Gasteiger partial charge in [0.15, 0.2) is 0 Å². The number of hydrogen-bond acceptors (Lipinski definition) is 4. The van der Waals surface area contributed by atoms with Crippen molar-refractivity contribution >= 4 is 11.8 Å². The number of methoxy groups -OCH3 is 2. The zero-order valence-corrected chi connectivity index (χ0v) is 17.3. The summed E-state index contributed by atoms with van der Waals surface area (Å²) in [5.74, 6) is 0.464. The second-order valence-electron chi connectivity index (χ2n) is 7.29. The van der Waals surface area contributed by atoms with Crippen LogP contribution < -0.4 is 4.74 Å². The van der Waals surface area contributed by atoms with Crippen LogP contribution in [0.5, 0.6) is 5.75 Å². The van der Waals surface area contributed by atoms with Gasteiger partial charge >= 0.3 is 0 Å². The monoisotopic (exact) mass is 396 g/mol. The summed E-state index contributed by atoms with van der Waals surface area (Å²) in [4.78, 5) is 28.8. The zero-order chi connectivity index (χ0) is 20.8. The second-order valence-corrected chi connectivity index (χ2v) is 7.29. The molecule has 0 radical (unpaired) electrons. The zero-order valence-electron chi connectivity index (χ0n) is 17.3. The SMILES string of the molecule is COCC(=O)N1CCN(C)C(=O)C(Cc2ccccc2-c2ccccc2OC)C1. The van der Waals surface area contributed by atoms with Gasteiger partial charge in [0.2, 0.25) is 11.8 Å². The van der Waals surface area contributed by atoms with Crippen molar-refractivity contribution in [3.8, 4) is 16.9 Å². The molecule has 1 atom stereocenters. The lowest BCUT2D eigenvalue weighted by atomic mass is 9.91. The Balaban J connectivity index is 1.91. The molecule has 3 rings (SSSR count). The number of rotatable bonds is 6. The third-order valence-corrected chi connectivity index (χ3v) is 5.37. The highest BCUT2D eigenvalue weighted by Crippen LogP contribution is 2.33. The van der Waals surface area contributed by atoms with E-state index in [1.165, 1.54) is 7.11 Å². The van der Waals surface area contributed by atoms with Crippen molar-refractivity contribution in [2.24, 2.45) is 5.92 Å². The highest BCUT2D eigenvalue weighted by molar-refractivity contribution is 5.83. The number of benzene rings is 2. The summed E-state index contributed by atoms with van der Waals surface area (Å²) < 4.78 is 10.5. The average Bonchev–Trinajstić information content (AvgIpc) is 2.88. The van der Waals surface area contributed by atoms with Crippen LogP contribution >= 0.6 is 0 Å². The van der Waals surface area contributed by atoms with Crippen LogP contribution in [0.25, 0.3) is 11.1 Å². The van der Waals surface area contributed by atoms with Gasteiger partial charge in [0.05, 0.1) is 13.0 Å². The Morgan fingerprint density at radius 1 is 1.03 bits per heavy atom. The first-order chi connectivity index (χ1) is 14.0. The highest BCUT2D eigenvalue weighted by Gasteiger charge is 2.31. The topological polar surface area (TPSA) is 59.1 Å². The molecule has 2 aromatic rings. The van der Waals surface area contributed by atoms with E-state index in [9.17, 15) is 9.59 Å². The summed E-state index contributed by atoms with van der Waals surface area (Å²) in [6.07, 6.45) is 0.550. The summed E-state index contributed by atoms with van der Waals surface area (Å²) in [6.45, 7) is 1.47. The fourth-order valence-corrected chi connectivity index (χ4v) is 3.81. The maximum atomic E-state index is 13.0. The molecule has 0 saturated carbocycles. The Kier molecular flexibility index (Phi) is 6.88. The minimum atomic E-state index is -0.306. The predicted octanol–water partition coefficient (Wildman–Crippen LogP) is 2.47. The Hall–Kier alpha value is -2.86. The van der Waals surface area contributed by atoms with Gasteiger partial charge < -0.3 is 19.3 Å². The van der Waals surface area contributed by atoms with Crippen LogP contribution in [-0.4, -0.2) is 69.1 Å². The minimum Gasteiger partial charge on any atom is -0.496 e. The molecule has 0 N–H and O–H groups in total. The molecule has 1 saturated heterocycles. The van der Waals surface area contributed by atoms with Crippen LogP contribution in [0.15, 0.2) is 48.5 Å². The van der Waals surface area contributed by atoms with E-state index in [1.54, 1.807) is 24.0 Å². The van der Waals surface area contributed by atoms with Gasteiger partial charge in [-0.2, -0.15) is 0 Å². The molecule has 0 bridgehead atoms. The van der Waals surface area contributed by atoms with Crippen LogP contribution in [0.1, 0.15) is 5.56 Å². The van der Waals surface area contributed by atoms with Gasteiger partial charge in [0.1, 0.15) is 12.4 Å². The van der Waals surface area contributed by atoms with Gasteiger partial charge in [-0.3, -0.25) is 9.59 Å². The first-order valence-corrected chi connectivity index (χ1v) is 9.78.